The molecule has 1 aliphatic heterocycles. The lowest BCUT2D eigenvalue weighted by molar-refractivity contribution is 0.121. The lowest BCUT2D eigenvalue weighted by Crippen LogP contribution is -2.42. The zero-order valence-electron chi connectivity index (χ0n) is 14.0. The molecular formula is C18H25N3O3. The van der Waals surface area contributed by atoms with E-state index in [4.69, 9.17) is 4.42 Å². The molecule has 2 heterocycles. The summed E-state index contributed by atoms with van der Waals surface area (Å²) >= 11 is 0. The van der Waals surface area contributed by atoms with Crippen molar-refractivity contribution in [3.05, 3.63) is 30.0 Å². The number of hydrogen-bond donors (Lipinski definition) is 3. The number of likely N-dealkylation sites (tertiary alicyclic amines) is 1. The molecule has 1 aromatic carbocycles. The number of aliphatic hydroxyl groups excluding tert-OH is 1. The van der Waals surface area contributed by atoms with Crippen LogP contribution < -0.4 is 10.6 Å². The lowest BCUT2D eigenvalue weighted by Gasteiger charge is -2.31. The topological polar surface area (TPSA) is 77.7 Å². The van der Waals surface area contributed by atoms with Crippen LogP contribution in [0, 0.1) is 12.8 Å². The fourth-order valence-corrected chi connectivity index (χ4v) is 3.26. The van der Waals surface area contributed by atoms with E-state index in [0.717, 1.165) is 54.9 Å². The minimum absolute atomic E-state index is 0.203. The maximum absolute atomic E-state index is 12.0. The Morgan fingerprint density at radius 3 is 3.12 bits per heavy atom. The second kappa shape index (κ2) is 7.68. The molecule has 3 N–H and O–H groups in total. The first kappa shape index (κ1) is 16.8. The molecule has 0 bridgehead atoms. The molecule has 6 nitrogen and oxygen atoms in total. The van der Waals surface area contributed by atoms with Gasteiger partial charge in [0.25, 0.3) is 0 Å². The van der Waals surface area contributed by atoms with E-state index >= 15 is 0 Å². The molecule has 3 rings (SSSR count). The maximum Gasteiger partial charge on any atom is 0.319 e. The van der Waals surface area contributed by atoms with E-state index in [-0.39, 0.29) is 12.6 Å². The number of benzene rings is 1. The van der Waals surface area contributed by atoms with Crippen LogP contribution in [-0.4, -0.2) is 48.8 Å². The van der Waals surface area contributed by atoms with Crippen LogP contribution in [0.25, 0.3) is 11.0 Å². The molecule has 1 aliphatic rings. The number of aliphatic hydroxyl groups is 1. The normalized spacial score (nSPS) is 18.7. The van der Waals surface area contributed by atoms with Gasteiger partial charge in [0.15, 0.2) is 0 Å². The number of amides is 2. The van der Waals surface area contributed by atoms with Gasteiger partial charge in [0.2, 0.25) is 0 Å². The molecular weight excluding hydrogens is 306 g/mol. The first-order chi connectivity index (χ1) is 11.6. The number of anilines is 1. The van der Waals surface area contributed by atoms with Gasteiger partial charge in [-0.3, -0.25) is 0 Å². The van der Waals surface area contributed by atoms with Crippen molar-refractivity contribution in [2.45, 2.75) is 19.8 Å². The molecule has 1 unspecified atom stereocenters. The van der Waals surface area contributed by atoms with Gasteiger partial charge in [-0.05, 0) is 56.5 Å². The molecule has 1 aromatic heterocycles. The first-order valence-corrected chi connectivity index (χ1v) is 8.52. The lowest BCUT2D eigenvalue weighted by atomic mass is 9.99. The molecule has 6 heteroatoms. The minimum atomic E-state index is -0.203. The average Bonchev–Trinajstić information content (AvgIpc) is 2.94. The number of furan rings is 1. The first-order valence-electron chi connectivity index (χ1n) is 8.52. The Kier molecular flexibility index (Phi) is 5.37. The number of urea groups is 1. The highest BCUT2D eigenvalue weighted by Gasteiger charge is 2.18. The van der Waals surface area contributed by atoms with Crippen LogP contribution >= 0.6 is 0 Å². The number of nitrogens with one attached hydrogen (secondary N) is 2. The van der Waals surface area contributed by atoms with Crippen molar-refractivity contribution in [2.75, 3.05) is 38.1 Å². The number of piperidine rings is 1. The van der Waals surface area contributed by atoms with Gasteiger partial charge in [0, 0.05) is 37.3 Å². The molecule has 0 spiro atoms. The number of aryl methyl sites for hydroxylation is 1. The Morgan fingerprint density at radius 2 is 2.29 bits per heavy atom. The number of nitrogens with zero attached hydrogens (tertiary/aromatic N) is 1. The van der Waals surface area contributed by atoms with Gasteiger partial charge >= 0.3 is 6.03 Å². The van der Waals surface area contributed by atoms with E-state index in [1.54, 1.807) is 0 Å². The molecule has 0 aliphatic carbocycles. The zero-order valence-corrected chi connectivity index (χ0v) is 14.0. The fourth-order valence-electron chi connectivity index (χ4n) is 3.26. The quantitative estimate of drug-likeness (QED) is 0.787. The van der Waals surface area contributed by atoms with E-state index < -0.39 is 0 Å². The maximum atomic E-state index is 12.0. The van der Waals surface area contributed by atoms with E-state index in [9.17, 15) is 9.90 Å². The van der Waals surface area contributed by atoms with Crippen LogP contribution in [0.5, 0.6) is 0 Å². The van der Waals surface area contributed by atoms with E-state index in [1.165, 1.54) is 0 Å². The van der Waals surface area contributed by atoms with Crippen LogP contribution in [0.3, 0.4) is 0 Å². The molecule has 24 heavy (non-hydrogen) atoms. The third-order valence-corrected chi connectivity index (χ3v) is 4.47. The standard InChI is InChI=1S/C18H25N3O3/c1-13-9-15-10-16(4-5-17(15)24-13)20-18(23)19-6-8-21-7-2-3-14(11-21)12-22/h4-5,9-10,14,22H,2-3,6-8,11-12H2,1H3,(H2,19,20,23). The number of fused-ring (bicyclic) bond motifs is 1. The Bertz CT molecular complexity index is 698. The van der Waals surface area contributed by atoms with Gasteiger partial charge in [-0.2, -0.15) is 0 Å². The Morgan fingerprint density at radius 1 is 1.42 bits per heavy atom. The zero-order chi connectivity index (χ0) is 16.9. The van der Waals surface area contributed by atoms with Crippen molar-refractivity contribution in [2.24, 2.45) is 5.92 Å². The van der Waals surface area contributed by atoms with Crippen molar-refractivity contribution in [1.29, 1.82) is 0 Å². The second-order valence-electron chi connectivity index (χ2n) is 6.48. The van der Waals surface area contributed by atoms with E-state index in [1.807, 2.05) is 31.2 Å². The van der Waals surface area contributed by atoms with Crippen LogP contribution in [0.4, 0.5) is 10.5 Å². The van der Waals surface area contributed by atoms with Gasteiger partial charge in [-0.1, -0.05) is 0 Å². The molecule has 1 saturated heterocycles. The summed E-state index contributed by atoms with van der Waals surface area (Å²) in [4.78, 5) is 14.3. The van der Waals surface area contributed by atoms with Crippen molar-refractivity contribution in [1.82, 2.24) is 10.2 Å². The summed E-state index contributed by atoms with van der Waals surface area (Å²) in [6.45, 7) is 5.51. The summed E-state index contributed by atoms with van der Waals surface area (Å²) in [5, 5.41) is 16.0. The summed E-state index contributed by atoms with van der Waals surface area (Å²) in [6, 6.07) is 7.35. The number of hydrogen-bond acceptors (Lipinski definition) is 4. The molecule has 0 radical (unpaired) electrons. The largest absolute Gasteiger partial charge is 0.461 e. The van der Waals surface area contributed by atoms with Crippen LogP contribution in [0.1, 0.15) is 18.6 Å². The Balaban J connectivity index is 1.44. The fraction of sp³-hybridized carbons (Fsp3) is 0.500. The predicted molar refractivity (Wildman–Crippen MR) is 94.2 cm³/mol. The molecule has 2 aromatic rings. The van der Waals surface area contributed by atoms with Gasteiger partial charge in [0.1, 0.15) is 11.3 Å². The molecule has 0 saturated carbocycles. The van der Waals surface area contributed by atoms with E-state index in [2.05, 4.69) is 15.5 Å². The van der Waals surface area contributed by atoms with Gasteiger partial charge < -0.3 is 25.1 Å². The average molecular weight is 331 g/mol. The second-order valence-corrected chi connectivity index (χ2v) is 6.48. The smallest absolute Gasteiger partial charge is 0.319 e. The molecule has 2 amide bonds. The monoisotopic (exact) mass is 331 g/mol. The van der Waals surface area contributed by atoms with Crippen molar-refractivity contribution >= 4 is 22.7 Å². The van der Waals surface area contributed by atoms with Crippen LogP contribution in [0.2, 0.25) is 0 Å². The summed E-state index contributed by atoms with van der Waals surface area (Å²) in [5.41, 5.74) is 1.57. The third-order valence-electron chi connectivity index (χ3n) is 4.47. The van der Waals surface area contributed by atoms with Crippen molar-refractivity contribution in [3.8, 4) is 0 Å². The Hall–Kier alpha value is -2.05. The highest BCUT2D eigenvalue weighted by molar-refractivity contribution is 5.92. The van der Waals surface area contributed by atoms with Gasteiger partial charge in [-0.25, -0.2) is 4.79 Å². The number of rotatable bonds is 5. The van der Waals surface area contributed by atoms with Crippen molar-refractivity contribution in [3.63, 3.8) is 0 Å². The summed E-state index contributed by atoms with van der Waals surface area (Å²) in [5.74, 6) is 1.23. The van der Waals surface area contributed by atoms with Gasteiger partial charge in [0.05, 0.1) is 0 Å². The van der Waals surface area contributed by atoms with Gasteiger partial charge in [-0.15, -0.1) is 0 Å². The van der Waals surface area contributed by atoms with Crippen molar-refractivity contribution < 1.29 is 14.3 Å². The SMILES string of the molecule is Cc1cc2cc(NC(=O)NCCN3CCCC(CO)C3)ccc2o1. The Labute approximate surface area is 141 Å². The highest BCUT2D eigenvalue weighted by Crippen LogP contribution is 2.22. The molecule has 1 atom stereocenters. The van der Waals surface area contributed by atoms with Crippen LogP contribution in [-0.2, 0) is 0 Å². The van der Waals surface area contributed by atoms with Crippen LogP contribution in [0.15, 0.2) is 28.7 Å². The van der Waals surface area contributed by atoms with E-state index in [0.29, 0.717) is 12.5 Å². The molecule has 130 valence electrons. The minimum Gasteiger partial charge on any atom is -0.461 e. The third kappa shape index (κ3) is 4.27. The summed E-state index contributed by atoms with van der Waals surface area (Å²) < 4.78 is 5.53. The predicted octanol–water partition coefficient (Wildman–Crippen LogP) is 2.57. The number of carbonyl (C=O) groups excluding carboxylic acids is 1. The summed E-state index contributed by atoms with van der Waals surface area (Å²) in [6.07, 6.45) is 2.21. The molecule has 1 fully saturated rings. The highest BCUT2D eigenvalue weighted by atomic mass is 16.3. The summed E-state index contributed by atoms with van der Waals surface area (Å²) in [7, 11) is 0. The number of carbonyl (C=O) groups is 1.